The van der Waals surface area contributed by atoms with Gasteiger partial charge in [-0.05, 0) is 36.4 Å². The highest BCUT2D eigenvalue weighted by Crippen LogP contribution is 2.26. The fraction of sp³-hybridized carbons (Fsp3) is 0.143. The zero-order chi connectivity index (χ0) is 21.1. The number of para-hydroxylation sites is 1. The monoisotopic (exact) mass is 424 g/mol. The third-order valence-corrected chi connectivity index (χ3v) is 5.28. The first-order valence-electron chi connectivity index (χ1n) is 9.11. The number of rotatable bonds is 7. The molecule has 9 heteroatoms. The Morgan fingerprint density at radius 3 is 2.67 bits per heavy atom. The molecular formula is C21H17FN4O3S. The summed E-state index contributed by atoms with van der Waals surface area (Å²) in [6.45, 7) is 0. The molecule has 0 saturated carbocycles. The summed E-state index contributed by atoms with van der Waals surface area (Å²) in [4.78, 5) is 29.5. The van der Waals surface area contributed by atoms with E-state index in [1.54, 1.807) is 40.9 Å². The number of Topliss-reactive ketones (excluding diaryl/α,β-unsaturated/α-hetero) is 1. The molecule has 2 heterocycles. The minimum absolute atomic E-state index is 0.00540. The van der Waals surface area contributed by atoms with Gasteiger partial charge in [0.15, 0.2) is 5.78 Å². The maximum Gasteiger partial charge on any atom is 0.250 e. The Morgan fingerprint density at radius 1 is 1.13 bits per heavy atom. The van der Waals surface area contributed by atoms with Gasteiger partial charge in [0.2, 0.25) is 16.8 Å². The summed E-state index contributed by atoms with van der Waals surface area (Å²) < 4.78 is 19.9. The fourth-order valence-corrected chi connectivity index (χ4v) is 3.81. The van der Waals surface area contributed by atoms with Crippen LogP contribution in [0.2, 0.25) is 0 Å². The molecule has 152 valence electrons. The molecule has 2 aromatic carbocycles. The van der Waals surface area contributed by atoms with Crippen LogP contribution < -0.4 is 10.1 Å². The molecule has 0 bridgehead atoms. The summed E-state index contributed by atoms with van der Waals surface area (Å²) in [5.41, 5.74) is 1.97. The van der Waals surface area contributed by atoms with Crippen LogP contribution in [0.25, 0.3) is 16.2 Å². The fourth-order valence-electron chi connectivity index (χ4n) is 2.98. The number of nitrogens with zero attached hydrogens (tertiary/aromatic N) is 3. The SMILES string of the molecule is COc1ccccc1C(=O)CCC(=O)Nc1nc2scc(-c3ccc(F)cc3)n2n1. The lowest BCUT2D eigenvalue weighted by Gasteiger charge is -2.06. The molecule has 0 aliphatic rings. The molecule has 0 saturated heterocycles. The van der Waals surface area contributed by atoms with Crippen LogP contribution in [0.4, 0.5) is 10.3 Å². The summed E-state index contributed by atoms with van der Waals surface area (Å²) in [5.74, 6) is -0.230. The number of methoxy groups -OCH3 is 1. The molecule has 1 N–H and O–H groups in total. The first kappa shape index (κ1) is 19.7. The van der Waals surface area contributed by atoms with E-state index in [9.17, 15) is 14.0 Å². The molecule has 7 nitrogen and oxygen atoms in total. The topological polar surface area (TPSA) is 85.6 Å². The average molecular weight is 424 g/mol. The molecule has 0 spiro atoms. The molecule has 4 aromatic rings. The second-order valence-electron chi connectivity index (χ2n) is 6.43. The number of carbonyl (C=O) groups is 2. The van der Waals surface area contributed by atoms with Gasteiger partial charge >= 0.3 is 0 Å². The number of anilines is 1. The summed E-state index contributed by atoms with van der Waals surface area (Å²) in [6, 6.07) is 12.9. The van der Waals surface area contributed by atoms with Gasteiger partial charge in [0.25, 0.3) is 0 Å². The normalized spacial score (nSPS) is 10.9. The molecule has 0 fully saturated rings. The van der Waals surface area contributed by atoms with Gasteiger partial charge in [-0.2, -0.15) is 4.98 Å². The minimum atomic E-state index is -0.361. The number of halogens is 1. The van der Waals surface area contributed by atoms with E-state index >= 15 is 0 Å². The largest absolute Gasteiger partial charge is 0.496 e. The number of amides is 1. The Kier molecular flexibility index (Phi) is 5.53. The van der Waals surface area contributed by atoms with Gasteiger partial charge in [0, 0.05) is 23.8 Å². The van der Waals surface area contributed by atoms with Crippen molar-refractivity contribution in [1.82, 2.24) is 14.6 Å². The van der Waals surface area contributed by atoms with Crippen molar-refractivity contribution in [3.63, 3.8) is 0 Å². The molecule has 0 radical (unpaired) electrons. The van der Waals surface area contributed by atoms with Crippen molar-refractivity contribution >= 4 is 33.9 Å². The Morgan fingerprint density at radius 2 is 1.90 bits per heavy atom. The van der Waals surface area contributed by atoms with Gasteiger partial charge in [-0.15, -0.1) is 16.4 Å². The van der Waals surface area contributed by atoms with E-state index in [1.165, 1.54) is 30.6 Å². The van der Waals surface area contributed by atoms with E-state index in [-0.39, 0.29) is 36.3 Å². The van der Waals surface area contributed by atoms with E-state index in [4.69, 9.17) is 4.74 Å². The molecule has 0 atom stereocenters. The van der Waals surface area contributed by atoms with Crippen LogP contribution >= 0.6 is 11.3 Å². The third-order valence-electron chi connectivity index (χ3n) is 4.46. The third kappa shape index (κ3) is 4.06. The van der Waals surface area contributed by atoms with Crippen LogP contribution in [0, 0.1) is 5.82 Å². The second kappa shape index (κ2) is 8.42. The first-order chi connectivity index (χ1) is 14.5. The van der Waals surface area contributed by atoms with Crippen molar-refractivity contribution in [3.8, 4) is 17.0 Å². The Balaban J connectivity index is 1.42. The lowest BCUT2D eigenvalue weighted by molar-refractivity contribution is -0.116. The highest BCUT2D eigenvalue weighted by Gasteiger charge is 2.16. The Hall–Kier alpha value is -3.59. The number of ketones is 1. The molecule has 0 aliphatic carbocycles. The van der Waals surface area contributed by atoms with Crippen LogP contribution in [0.5, 0.6) is 5.75 Å². The predicted molar refractivity (Wildman–Crippen MR) is 111 cm³/mol. The smallest absolute Gasteiger partial charge is 0.250 e. The van der Waals surface area contributed by atoms with Crippen molar-refractivity contribution in [3.05, 3.63) is 65.3 Å². The molecule has 2 aromatic heterocycles. The molecule has 1 amide bonds. The summed E-state index contributed by atoms with van der Waals surface area (Å²) in [7, 11) is 1.50. The maximum atomic E-state index is 13.2. The minimum Gasteiger partial charge on any atom is -0.496 e. The molecule has 0 unspecified atom stereocenters. The Labute approximate surface area is 175 Å². The molecule has 4 rings (SSSR count). The van der Waals surface area contributed by atoms with Crippen LogP contribution in [0.3, 0.4) is 0 Å². The number of ether oxygens (including phenoxy) is 1. The molecule has 30 heavy (non-hydrogen) atoms. The summed E-state index contributed by atoms with van der Waals surface area (Å²) in [6.07, 6.45) is 0.0316. The van der Waals surface area contributed by atoms with Crippen LogP contribution in [-0.4, -0.2) is 33.4 Å². The van der Waals surface area contributed by atoms with E-state index in [0.29, 0.717) is 16.3 Å². The number of hydrogen-bond donors (Lipinski definition) is 1. The van der Waals surface area contributed by atoms with Crippen LogP contribution in [0.1, 0.15) is 23.2 Å². The van der Waals surface area contributed by atoms with Gasteiger partial charge in [0.05, 0.1) is 18.4 Å². The lowest BCUT2D eigenvalue weighted by atomic mass is 10.1. The summed E-state index contributed by atoms with van der Waals surface area (Å²) >= 11 is 1.36. The highest BCUT2D eigenvalue weighted by molar-refractivity contribution is 7.15. The van der Waals surface area contributed by atoms with Crippen molar-refractivity contribution in [2.24, 2.45) is 0 Å². The molecular weight excluding hydrogens is 407 g/mol. The lowest BCUT2D eigenvalue weighted by Crippen LogP contribution is -2.15. The van der Waals surface area contributed by atoms with Gasteiger partial charge in [-0.25, -0.2) is 8.91 Å². The van der Waals surface area contributed by atoms with Crippen molar-refractivity contribution in [1.29, 1.82) is 0 Å². The maximum absolute atomic E-state index is 13.2. The van der Waals surface area contributed by atoms with Gasteiger partial charge < -0.3 is 4.74 Å². The van der Waals surface area contributed by atoms with E-state index in [0.717, 1.165) is 11.3 Å². The first-order valence-corrected chi connectivity index (χ1v) is 9.99. The van der Waals surface area contributed by atoms with E-state index < -0.39 is 0 Å². The standard InChI is InChI=1S/C21H17FN4O3S/c1-29-18-5-3-2-4-15(18)17(27)10-11-19(28)23-20-24-21-26(25-20)16(12-30-21)13-6-8-14(22)9-7-13/h2-9,12H,10-11H2,1H3,(H,23,25,28). The van der Waals surface area contributed by atoms with Gasteiger partial charge in [-0.3, -0.25) is 14.9 Å². The predicted octanol–water partition coefficient (Wildman–Crippen LogP) is 4.21. The quantitative estimate of drug-likeness (QED) is 0.449. The van der Waals surface area contributed by atoms with Crippen molar-refractivity contribution in [2.75, 3.05) is 12.4 Å². The number of fused-ring (bicyclic) bond motifs is 1. The van der Waals surface area contributed by atoms with Crippen LogP contribution in [0.15, 0.2) is 53.9 Å². The van der Waals surface area contributed by atoms with E-state index in [2.05, 4.69) is 15.4 Å². The van der Waals surface area contributed by atoms with Gasteiger partial charge in [0.1, 0.15) is 11.6 Å². The number of carbonyl (C=O) groups excluding carboxylic acids is 2. The average Bonchev–Trinajstić information content (AvgIpc) is 3.33. The Bertz CT molecular complexity index is 1220. The van der Waals surface area contributed by atoms with Crippen molar-refractivity contribution in [2.45, 2.75) is 12.8 Å². The number of aromatic nitrogens is 3. The second-order valence-corrected chi connectivity index (χ2v) is 7.27. The van der Waals surface area contributed by atoms with E-state index in [1.807, 2.05) is 5.38 Å². The molecule has 0 aliphatic heterocycles. The van der Waals surface area contributed by atoms with Crippen molar-refractivity contribution < 1.29 is 18.7 Å². The number of nitrogens with one attached hydrogen (secondary N) is 1. The van der Waals surface area contributed by atoms with Crippen LogP contribution in [-0.2, 0) is 4.79 Å². The zero-order valence-corrected chi connectivity index (χ0v) is 16.8. The number of thiazole rings is 1. The number of hydrogen-bond acceptors (Lipinski definition) is 6. The summed E-state index contributed by atoms with van der Waals surface area (Å²) in [5, 5.41) is 8.79. The number of benzene rings is 2. The zero-order valence-electron chi connectivity index (χ0n) is 16.0. The highest BCUT2D eigenvalue weighted by atomic mass is 32.1. The van der Waals surface area contributed by atoms with Gasteiger partial charge in [-0.1, -0.05) is 12.1 Å².